The molecule has 0 radical (unpaired) electrons. The van der Waals surface area contributed by atoms with Gasteiger partial charge in [-0.25, -0.2) is 4.79 Å². The van der Waals surface area contributed by atoms with Crippen molar-refractivity contribution >= 4 is 29.4 Å². The number of rotatable bonds is 0. The van der Waals surface area contributed by atoms with E-state index in [-0.39, 0.29) is 0 Å². The highest BCUT2D eigenvalue weighted by Gasteiger charge is 1.81. The lowest BCUT2D eigenvalue weighted by Gasteiger charge is -1.73. The molecule has 2 N–H and O–H groups in total. The number of carboxylic acid groups (broad SMARTS) is 2. The van der Waals surface area contributed by atoms with Crippen LogP contribution in [-0.2, 0) is 0 Å². The Morgan fingerprint density at radius 2 is 1.67 bits per heavy atom. The Kier molecular flexibility index (Phi) is 9.25. The molecule has 52 valence electrons. The molecule has 0 spiro atoms. The Balaban J connectivity index is 0. The summed E-state index contributed by atoms with van der Waals surface area (Å²) < 4.78 is 0. The minimum Gasteiger partial charge on any atom is -0.450 e. The molecule has 0 aromatic carbocycles. The first-order chi connectivity index (χ1) is 4.00. The number of hydrogen-bond acceptors (Lipinski definition) is 1. The first-order valence-corrected chi connectivity index (χ1v) is 2.54. The van der Waals surface area contributed by atoms with Crippen molar-refractivity contribution in [3.8, 4) is 12.3 Å². The summed E-state index contributed by atoms with van der Waals surface area (Å²) in [5.74, 6) is 2.06. The van der Waals surface area contributed by atoms with E-state index >= 15 is 0 Å². The van der Waals surface area contributed by atoms with Gasteiger partial charge in [-0.3, -0.25) is 0 Å². The second kappa shape index (κ2) is 7.41. The number of carbonyl (C=O) groups is 1. The molecule has 0 aliphatic heterocycles. The summed E-state index contributed by atoms with van der Waals surface area (Å²) in [6, 6.07) is 0. The van der Waals surface area contributed by atoms with E-state index in [9.17, 15) is 0 Å². The van der Waals surface area contributed by atoms with Gasteiger partial charge in [-0.15, -0.1) is 6.42 Å². The Bertz CT molecular complexity index is 111. The van der Waals surface area contributed by atoms with Crippen LogP contribution in [0.2, 0.25) is 0 Å². The van der Waals surface area contributed by atoms with Crippen LogP contribution in [0.1, 0.15) is 0 Å². The van der Waals surface area contributed by atoms with Crippen molar-refractivity contribution in [3.63, 3.8) is 0 Å². The average molecular weight is 171 g/mol. The molecular formula is C4H4Cl2O3. The fraction of sp³-hybridized carbons (Fsp3) is 0.250. The normalized spacial score (nSPS) is 6.89. The van der Waals surface area contributed by atoms with Crippen molar-refractivity contribution in [2.24, 2.45) is 0 Å². The van der Waals surface area contributed by atoms with Crippen LogP contribution < -0.4 is 0 Å². The van der Waals surface area contributed by atoms with Crippen molar-refractivity contribution in [1.29, 1.82) is 0 Å². The summed E-state index contributed by atoms with van der Waals surface area (Å²) in [5, 5.41) is 13.9. The Labute approximate surface area is 62.2 Å². The highest BCUT2D eigenvalue weighted by Crippen LogP contribution is 1.95. The highest BCUT2D eigenvalue weighted by molar-refractivity contribution is 6.46. The van der Waals surface area contributed by atoms with Crippen molar-refractivity contribution in [3.05, 3.63) is 0 Å². The van der Waals surface area contributed by atoms with Gasteiger partial charge in [-0.1, -0.05) is 29.1 Å². The van der Waals surface area contributed by atoms with E-state index in [1.165, 1.54) is 0 Å². The van der Waals surface area contributed by atoms with E-state index in [1.807, 2.05) is 0 Å². The highest BCUT2D eigenvalue weighted by atomic mass is 35.5. The molecule has 3 nitrogen and oxygen atoms in total. The minimum atomic E-state index is -1.83. The third kappa shape index (κ3) is 109. The van der Waals surface area contributed by atoms with E-state index in [4.69, 9.17) is 38.2 Å². The van der Waals surface area contributed by atoms with Crippen LogP contribution in [0.15, 0.2) is 0 Å². The largest absolute Gasteiger partial charge is 0.503 e. The molecule has 0 aliphatic rings. The Morgan fingerprint density at radius 1 is 1.56 bits per heavy atom. The SMILES string of the molecule is C#CC(Cl)Cl.O=C(O)O. The molecule has 5 heteroatoms. The maximum absolute atomic E-state index is 8.56. The van der Waals surface area contributed by atoms with E-state index in [0.29, 0.717) is 0 Å². The van der Waals surface area contributed by atoms with Crippen LogP contribution in [0.4, 0.5) is 4.79 Å². The van der Waals surface area contributed by atoms with Gasteiger partial charge in [0.2, 0.25) is 0 Å². The first kappa shape index (κ1) is 11.2. The molecule has 0 heterocycles. The molecule has 0 bridgehead atoms. The summed E-state index contributed by atoms with van der Waals surface area (Å²) in [5.41, 5.74) is 0. The van der Waals surface area contributed by atoms with Gasteiger partial charge in [0, 0.05) is 0 Å². The summed E-state index contributed by atoms with van der Waals surface area (Å²) in [7, 11) is 0. The fourth-order valence-electron chi connectivity index (χ4n) is 0. The lowest BCUT2D eigenvalue weighted by molar-refractivity contribution is 0.137. The predicted molar refractivity (Wildman–Crippen MR) is 35.0 cm³/mol. The van der Waals surface area contributed by atoms with E-state index in [2.05, 4.69) is 12.3 Å². The zero-order chi connectivity index (χ0) is 7.86. The molecule has 0 aliphatic carbocycles. The maximum atomic E-state index is 8.56. The molecule has 0 atom stereocenters. The summed E-state index contributed by atoms with van der Waals surface area (Å²) >= 11 is 9.98. The second-order valence-corrected chi connectivity index (χ2v) is 1.85. The molecule has 0 unspecified atom stereocenters. The van der Waals surface area contributed by atoms with Gasteiger partial charge >= 0.3 is 6.16 Å². The van der Waals surface area contributed by atoms with Crippen LogP contribution in [0.25, 0.3) is 0 Å². The third-order valence-electron chi connectivity index (χ3n) is 0.126. The van der Waals surface area contributed by atoms with Crippen molar-refractivity contribution < 1.29 is 15.0 Å². The molecule has 0 aromatic heterocycles. The van der Waals surface area contributed by atoms with Gasteiger partial charge in [0.1, 0.15) is 0 Å². The minimum absolute atomic E-state index is 0.644. The monoisotopic (exact) mass is 170 g/mol. The molecule has 9 heavy (non-hydrogen) atoms. The number of alkyl halides is 2. The molecule has 0 aromatic rings. The quantitative estimate of drug-likeness (QED) is 0.430. The topological polar surface area (TPSA) is 57.5 Å². The zero-order valence-corrected chi connectivity index (χ0v) is 5.73. The Hall–Kier alpha value is -0.590. The summed E-state index contributed by atoms with van der Waals surface area (Å²) in [4.78, 5) is 7.91. The van der Waals surface area contributed by atoms with Crippen LogP contribution in [-0.4, -0.2) is 21.2 Å². The maximum Gasteiger partial charge on any atom is 0.503 e. The van der Waals surface area contributed by atoms with Crippen molar-refractivity contribution in [2.45, 2.75) is 4.84 Å². The lowest BCUT2D eigenvalue weighted by atomic mass is 10.8. The molecular weight excluding hydrogens is 167 g/mol. The number of halogens is 2. The molecule has 0 rings (SSSR count). The molecule has 0 saturated heterocycles. The van der Waals surface area contributed by atoms with Crippen LogP contribution in [0.5, 0.6) is 0 Å². The summed E-state index contributed by atoms with van der Waals surface area (Å²) in [6.45, 7) is 0. The first-order valence-electron chi connectivity index (χ1n) is 1.67. The van der Waals surface area contributed by atoms with Crippen LogP contribution in [0.3, 0.4) is 0 Å². The lowest BCUT2D eigenvalue weighted by Crippen LogP contribution is -1.81. The number of terminal acetylenes is 1. The van der Waals surface area contributed by atoms with Gasteiger partial charge in [-0.2, -0.15) is 0 Å². The molecule has 0 amide bonds. The second-order valence-electron chi connectivity index (χ2n) is 0.750. The standard InChI is InChI=1S/C3H2Cl2.CH2O3/c1-2-3(4)5;2-1(3)4/h1,3H;(H2,2,3,4). The molecule has 0 fully saturated rings. The van der Waals surface area contributed by atoms with Crippen molar-refractivity contribution in [1.82, 2.24) is 0 Å². The van der Waals surface area contributed by atoms with E-state index in [0.717, 1.165) is 0 Å². The Morgan fingerprint density at radius 3 is 1.67 bits per heavy atom. The van der Waals surface area contributed by atoms with Gasteiger partial charge in [0.25, 0.3) is 0 Å². The van der Waals surface area contributed by atoms with E-state index in [1.54, 1.807) is 0 Å². The average Bonchev–Trinajstić information content (AvgIpc) is 1.65. The van der Waals surface area contributed by atoms with E-state index < -0.39 is 11.0 Å². The van der Waals surface area contributed by atoms with Gasteiger partial charge in [0.05, 0.1) is 0 Å². The summed E-state index contributed by atoms with van der Waals surface area (Å²) in [6.07, 6.45) is 2.82. The van der Waals surface area contributed by atoms with Crippen LogP contribution >= 0.6 is 23.2 Å². The molecule has 0 saturated carbocycles. The zero-order valence-electron chi connectivity index (χ0n) is 4.21. The van der Waals surface area contributed by atoms with Crippen LogP contribution in [0, 0.1) is 12.3 Å². The number of hydrogen-bond donors (Lipinski definition) is 2. The van der Waals surface area contributed by atoms with Gasteiger partial charge < -0.3 is 10.2 Å². The van der Waals surface area contributed by atoms with Gasteiger partial charge in [-0.05, 0) is 0 Å². The third-order valence-corrected chi connectivity index (χ3v) is 0.378. The predicted octanol–water partition coefficient (Wildman–Crippen LogP) is 1.65. The van der Waals surface area contributed by atoms with Gasteiger partial charge in [0.15, 0.2) is 4.84 Å². The smallest absolute Gasteiger partial charge is 0.450 e. The fourth-order valence-corrected chi connectivity index (χ4v) is 0. The van der Waals surface area contributed by atoms with Crippen molar-refractivity contribution in [2.75, 3.05) is 0 Å².